The Morgan fingerprint density at radius 2 is 1.88 bits per heavy atom. The summed E-state index contributed by atoms with van der Waals surface area (Å²) in [5.74, 6) is 0.359. The van der Waals surface area contributed by atoms with Crippen molar-refractivity contribution in [1.82, 2.24) is 10.5 Å². The largest absolute Gasteiger partial charge is 0.494 e. The fraction of sp³-hybridized carbons (Fsp3) is 0.474. The molecular formula is C19H23BN2O4. The second-order valence-electron chi connectivity index (χ2n) is 7.96. The van der Waals surface area contributed by atoms with E-state index in [-0.39, 0.29) is 23.0 Å². The molecule has 0 saturated carbocycles. The van der Waals surface area contributed by atoms with Crippen molar-refractivity contribution in [1.29, 1.82) is 0 Å². The molecule has 2 aliphatic heterocycles. The lowest BCUT2D eigenvalue weighted by Crippen LogP contribution is -2.41. The zero-order valence-corrected chi connectivity index (χ0v) is 15.5. The van der Waals surface area contributed by atoms with Crippen molar-refractivity contribution >= 4 is 18.5 Å². The number of carbonyl (C=O) groups is 1. The predicted molar refractivity (Wildman–Crippen MR) is 98.0 cm³/mol. The van der Waals surface area contributed by atoms with Crippen LogP contribution in [0.4, 0.5) is 0 Å². The summed E-state index contributed by atoms with van der Waals surface area (Å²) in [6.07, 6.45) is 0.738. The first-order valence-corrected chi connectivity index (χ1v) is 8.97. The third-order valence-electron chi connectivity index (χ3n) is 5.63. The molecule has 2 aromatic rings. The Kier molecular flexibility index (Phi) is 3.97. The van der Waals surface area contributed by atoms with Crippen molar-refractivity contribution in [3.63, 3.8) is 0 Å². The molecule has 2 fully saturated rings. The molecule has 4 rings (SSSR count). The SMILES string of the molecule is CC1(C)OB(c2cccc(-c3cc(C4CCNC4=O)on3)c2)OC1(C)C. The van der Waals surface area contributed by atoms with Crippen molar-refractivity contribution < 1.29 is 18.6 Å². The van der Waals surface area contributed by atoms with Gasteiger partial charge < -0.3 is 19.1 Å². The summed E-state index contributed by atoms with van der Waals surface area (Å²) >= 11 is 0. The van der Waals surface area contributed by atoms with Gasteiger partial charge in [0.05, 0.1) is 11.2 Å². The lowest BCUT2D eigenvalue weighted by atomic mass is 9.78. The van der Waals surface area contributed by atoms with E-state index < -0.39 is 7.12 Å². The van der Waals surface area contributed by atoms with Crippen LogP contribution in [0.3, 0.4) is 0 Å². The van der Waals surface area contributed by atoms with Crippen molar-refractivity contribution in [2.75, 3.05) is 6.54 Å². The zero-order chi connectivity index (χ0) is 18.5. The summed E-state index contributed by atoms with van der Waals surface area (Å²) in [5, 5.41) is 6.97. The van der Waals surface area contributed by atoms with Crippen LogP contribution in [0.25, 0.3) is 11.3 Å². The molecule has 6 nitrogen and oxygen atoms in total. The fourth-order valence-electron chi connectivity index (χ4n) is 3.28. The molecule has 2 aliphatic rings. The summed E-state index contributed by atoms with van der Waals surface area (Å²) in [6, 6.07) is 9.74. The Morgan fingerprint density at radius 3 is 2.54 bits per heavy atom. The molecule has 1 aromatic carbocycles. The Labute approximate surface area is 153 Å². The Balaban J connectivity index is 1.59. The van der Waals surface area contributed by atoms with Crippen LogP contribution in [0.5, 0.6) is 0 Å². The summed E-state index contributed by atoms with van der Waals surface area (Å²) in [7, 11) is -0.424. The van der Waals surface area contributed by atoms with Crippen LogP contribution in [0.2, 0.25) is 0 Å². The van der Waals surface area contributed by atoms with E-state index >= 15 is 0 Å². The lowest BCUT2D eigenvalue weighted by molar-refractivity contribution is -0.120. The number of rotatable bonds is 3. The fourth-order valence-corrected chi connectivity index (χ4v) is 3.28. The Hall–Kier alpha value is -2.12. The highest BCUT2D eigenvalue weighted by Crippen LogP contribution is 2.36. The molecule has 3 heterocycles. The predicted octanol–water partition coefficient (Wildman–Crippen LogP) is 2.24. The van der Waals surface area contributed by atoms with Crippen LogP contribution < -0.4 is 10.8 Å². The first-order chi connectivity index (χ1) is 12.3. The van der Waals surface area contributed by atoms with Crippen LogP contribution >= 0.6 is 0 Å². The number of hydrogen-bond donors (Lipinski definition) is 1. The Morgan fingerprint density at radius 1 is 1.15 bits per heavy atom. The average Bonchev–Trinajstić information content (AvgIpc) is 3.26. The number of nitrogens with zero attached hydrogens (tertiary/aromatic N) is 1. The molecule has 1 aromatic heterocycles. The van der Waals surface area contributed by atoms with Gasteiger partial charge in [0.25, 0.3) is 0 Å². The van der Waals surface area contributed by atoms with Gasteiger partial charge in [0, 0.05) is 18.2 Å². The van der Waals surface area contributed by atoms with E-state index in [1.54, 1.807) is 0 Å². The summed E-state index contributed by atoms with van der Waals surface area (Å²) < 4.78 is 17.7. The molecule has 7 heteroatoms. The monoisotopic (exact) mass is 354 g/mol. The van der Waals surface area contributed by atoms with E-state index in [4.69, 9.17) is 13.8 Å². The molecule has 0 bridgehead atoms. The van der Waals surface area contributed by atoms with Gasteiger partial charge in [-0.3, -0.25) is 4.79 Å². The van der Waals surface area contributed by atoms with Gasteiger partial charge in [-0.25, -0.2) is 0 Å². The standard InChI is InChI=1S/C19H23BN2O4/c1-18(2)19(3,4)26-20(25-18)13-7-5-6-12(10-13)15-11-16(24-22-15)14-8-9-21-17(14)23/h5-7,10-11,14H,8-9H2,1-4H3,(H,21,23). The normalized spacial score (nSPS) is 24.1. The van der Waals surface area contributed by atoms with Crippen molar-refractivity contribution in [3.05, 3.63) is 36.1 Å². The highest BCUT2D eigenvalue weighted by molar-refractivity contribution is 6.62. The summed E-state index contributed by atoms with van der Waals surface area (Å²) in [5.41, 5.74) is 1.78. The molecule has 1 atom stereocenters. The number of benzene rings is 1. The van der Waals surface area contributed by atoms with Crippen molar-refractivity contribution in [2.45, 2.75) is 51.2 Å². The average molecular weight is 354 g/mol. The zero-order valence-electron chi connectivity index (χ0n) is 15.5. The van der Waals surface area contributed by atoms with Crippen LogP contribution in [-0.4, -0.2) is 35.9 Å². The molecule has 1 N–H and O–H groups in total. The summed E-state index contributed by atoms with van der Waals surface area (Å²) in [6.45, 7) is 8.82. The molecule has 0 aliphatic carbocycles. The maximum Gasteiger partial charge on any atom is 0.494 e. The molecule has 136 valence electrons. The summed E-state index contributed by atoms with van der Waals surface area (Å²) in [4.78, 5) is 11.8. The number of hydrogen-bond acceptors (Lipinski definition) is 5. The first-order valence-electron chi connectivity index (χ1n) is 8.97. The van der Waals surface area contributed by atoms with Gasteiger partial charge in [0.2, 0.25) is 5.91 Å². The number of carbonyl (C=O) groups excluding carboxylic acids is 1. The van der Waals surface area contributed by atoms with Crippen LogP contribution in [-0.2, 0) is 14.1 Å². The molecule has 2 saturated heterocycles. The van der Waals surface area contributed by atoms with Crippen LogP contribution in [0, 0.1) is 0 Å². The number of amides is 1. The molecule has 26 heavy (non-hydrogen) atoms. The molecule has 1 unspecified atom stereocenters. The van der Waals surface area contributed by atoms with Gasteiger partial charge in [-0.2, -0.15) is 0 Å². The van der Waals surface area contributed by atoms with E-state index in [9.17, 15) is 4.79 Å². The van der Waals surface area contributed by atoms with Crippen molar-refractivity contribution in [2.24, 2.45) is 0 Å². The highest BCUT2D eigenvalue weighted by atomic mass is 16.7. The van der Waals surface area contributed by atoms with Crippen molar-refractivity contribution in [3.8, 4) is 11.3 Å². The second-order valence-corrected chi connectivity index (χ2v) is 7.96. The smallest absolute Gasteiger partial charge is 0.399 e. The van der Waals surface area contributed by atoms with E-state index in [0.29, 0.717) is 18.0 Å². The molecule has 1 amide bonds. The van der Waals surface area contributed by atoms with Gasteiger partial charge in [-0.05, 0) is 39.6 Å². The highest BCUT2D eigenvalue weighted by Gasteiger charge is 2.51. The Bertz CT molecular complexity index is 830. The topological polar surface area (TPSA) is 73.6 Å². The maximum atomic E-state index is 11.8. The maximum absolute atomic E-state index is 11.8. The van der Waals surface area contributed by atoms with Crippen LogP contribution in [0.15, 0.2) is 34.9 Å². The van der Waals surface area contributed by atoms with Gasteiger partial charge in [0.15, 0.2) is 0 Å². The van der Waals surface area contributed by atoms with Gasteiger partial charge >= 0.3 is 7.12 Å². The minimum absolute atomic E-state index is 0.00123. The molecule has 0 spiro atoms. The quantitative estimate of drug-likeness (QED) is 0.856. The lowest BCUT2D eigenvalue weighted by Gasteiger charge is -2.32. The van der Waals surface area contributed by atoms with E-state index in [2.05, 4.69) is 10.5 Å². The first kappa shape index (κ1) is 17.3. The molecular weight excluding hydrogens is 331 g/mol. The van der Waals surface area contributed by atoms with Gasteiger partial charge in [0.1, 0.15) is 17.4 Å². The minimum Gasteiger partial charge on any atom is -0.399 e. The number of aromatic nitrogens is 1. The van der Waals surface area contributed by atoms with E-state index in [0.717, 1.165) is 17.4 Å². The van der Waals surface area contributed by atoms with Crippen LogP contribution in [0.1, 0.15) is 45.8 Å². The number of nitrogens with one attached hydrogen (secondary N) is 1. The van der Waals surface area contributed by atoms with E-state index in [1.807, 2.05) is 58.0 Å². The van der Waals surface area contributed by atoms with Gasteiger partial charge in [-0.1, -0.05) is 29.4 Å². The van der Waals surface area contributed by atoms with E-state index in [1.165, 1.54) is 0 Å². The van der Waals surface area contributed by atoms with Gasteiger partial charge in [-0.15, -0.1) is 0 Å². The minimum atomic E-state index is -0.424. The molecule has 0 radical (unpaired) electrons. The third kappa shape index (κ3) is 2.85. The second kappa shape index (κ2) is 5.96. The third-order valence-corrected chi connectivity index (χ3v) is 5.63.